The van der Waals surface area contributed by atoms with Gasteiger partial charge in [0.2, 0.25) is 0 Å². The van der Waals surface area contributed by atoms with Gasteiger partial charge in [-0.2, -0.15) is 0 Å². The minimum absolute atomic E-state index is 0.605. The van der Waals surface area contributed by atoms with Gasteiger partial charge in [-0.05, 0) is 0 Å². The second kappa shape index (κ2) is 6.08. The molecule has 1 fully saturated rings. The zero-order chi connectivity index (χ0) is 13.0. The van der Waals surface area contributed by atoms with Crippen molar-refractivity contribution in [2.45, 2.75) is 33.1 Å². The third-order valence-corrected chi connectivity index (χ3v) is 3.68. The van der Waals surface area contributed by atoms with Gasteiger partial charge in [0.1, 0.15) is 0 Å². The van der Waals surface area contributed by atoms with Crippen molar-refractivity contribution in [1.82, 2.24) is 5.32 Å². The number of allylic oxidation sites excluding steroid dienone is 3. The van der Waals surface area contributed by atoms with E-state index in [1.54, 1.807) is 0 Å². The Morgan fingerprint density at radius 3 is 3.06 bits per heavy atom. The van der Waals surface area contributed by atoms with E-state index in [0.29, 0.717) is 5.92 Å². The predicted molar refractivity (Wildman–Crippen MR) is 79.0 cm³/mol. The topological polar surface area (TPSA) is 21.3 Å². The van der Waals surface area contributed by atoms with E-state index in [9.17, 15) is 0 Å². The molecule has 0 bridgehead atoms. The first-order chi connectivity index (χ1) is 8.70. The molecule has 1 unspecified atom stereocenters. The van der Waals surface area contributed by atoms with Gasteiger partial charge in [-0.1, -0.05) is 0 Å². The van der Waals surface area contributed by atoms with Crippen LogP contribution in [0.5, 0.6) is 0 Å². The molecule has 3 heteroatoms. The Morgan fingerprint density at radius 1 is 1.56 bits per heavy atom. The van der Waals surface area contributed by atoms with Crippen LogP contribution in [0.25, 0.3) is 0 Å². The fourth-order valence-electron chi connectivity index (χ4n) is 2.51. The van der Waals surface area contributed by atoms with Crippen LogP contribution in [-0.2, 0) is 4.74 Å². The number of hydrogen-bond donors (Lipinski definition) is 1. The fourth-order valence-corrected chi connectivity index (χ4v) is 2.51. The number of hydrogen-bond acceptors (Lipinski definition) is 2. The first-order valence-corrected chi connectivity index (χ1v) is 6.76. The second-order valence-electron chi connectivity index (χ2n) is 5.09. The third kappa shape index (κ3) is 3.15. The predicted octanol–water partition coefficient (Wildman–Crippen LogP) is 2.21. The van der Waals surface area contributed by atoms with Gasteiger partial charge in [0.25, 0.3) is 0 Å². The molecule has 2 nitrogen and oxygen atoms in total. The molecular formula is C15H22BNO. The molecule has 1 saturated heterocycles. The van der Waals surface area contributed by atoms with Crippen molar-refractivity contribution in [3.8, 4) is 0 Å². The zero-order valence-electron chi connectivity index (χ0n) is 11.5. The summed E-state index contributed by atoms with van der Waals surface area (Å²) in [6, 6.07) is 0. The van der Waals surface area contributed by atoms with Crippen LogP contribution in [0.3, 0.4) is 0 Å². The van der Waals surface area contributed by atoms with Gasteiger partial charge in [-0.25, -0.2) is 0 Å². The first kappa shape index (κ1) is 13.2. The summed E-state index contributed by atoms with van der Waals surface area (Å²) in [7, 11) is 3.99. The Labute approximate surface area is 111 Å². The minimum atomic E-state index is 0.605. The van der Waals surface area contributed by atoms with Crippen LogP contribution in [0.1, 0.15) is 33.1 Å². The zero-order valence-corrected chi connectivity index (χ0v) is 11.5. The average Bonchev–Trinajstić information content (AvgIpc) is 2.96. The number of rotatable bonds is 4. The van der Waals surface area contributed by atoms with E-state index in [2.05, 4.69) is 38.0 Å². The standard InChI is InChI=1S/C15H22BNO/c1-3-4-5-14-12(6-7-18-14)8-11(2)13-9-15(16)17-10-13/h3-4,8,13,16-17H,5-7,9-10H2,1-2H3/b4-3+,11-8+. The molecule has 0 aromatic heterocycles. The van der Waals surface area contributed by atoms with Gasteiger partial charge < -0.3 is 0 Å². The summed E-state index contributed by atoms with van der Waals surface area (Å²) >= 11 is 0. The van der Waals surface area contributed by atoms with Crippen molar-refractivity contribution in [2.75, 3.05) is 13.2 Å². The Kier molecular flexibility index (Phi) is 4.46. The maximum absolute atomic E-state index is 5.70. The molecule has 2 aliphatic heterocycles. The molecule has 0 aromatic carbocycles. The summed E-state index contributed by atoms with van der Waals surface area (Å²) in [6.07, 6.45) is 9.60. The van der Waals surface area contributed by atoms with Crippen LogP contribution in [0.4, 0.5) is 0 Å². The fraction of sp³-hybridized carbons (Fsp3) is 0.533. The van der Waals surface area contributed by atoms with E-state index in [1.165, 1.54) is 16.7 Å². The average molecular weight is 243 g/mol. The molecule has 0 aromatic rings. The quantitative estimate of drug-likeness (QED) is 0.603. The molecule has 0 amide bonds. The molecule has 0 radical (unpaired) electrons. The molecule has 0 aliphatic carbocycles. The monoisotopic (exact) mass is 243 g/mol. The second-order valence-corrected chi connectivity index (χ2v) is 5.09. The van der Waals surface area contributed by atoms with E-state index < -0.39 is 0 Å². The van der Waals surface area contributed by atoms with Crippen LogP contribution in [0, 0.1) is 5.92 Å². The normalized spacial score (nSPS) is 24.8. The van der Waals surface area contributed by atoms with Crippen molar-refractivity contribution in [2.24, 2.45) is 5.92 Å². The van der Waals surface area contributed by atoms with Gasteiger partial charge in [0.05, 0.1) is 0 Å². The molecule has 18 heavy (non-hydrogen) atoms. The van der Waals surface area contributed by atoms with Gasteiger partial charge in [0, 0.05) is 0 Å². The third-order valence-electron chi connectivity index (χ3n) is 3.68. The van der Waals surface area contributed by atoms with Crippen LogP contribution >= 0.6 is 0 Å². The van der Waals surface area contributed by atoms with Gasteiger partial charge in [-0.3, -0.25) is 0 Å². The van der Waals surface area contributed by atoms with E-state index in [4.69, 9.17) is 4.74 Å². The Morgan fingerprint density at radius 2 is 2.39 bits per heavy atom. The Bertz CT molecular complexity index is 420. The molecule has 0 spiro atoms. The number of ether oxygens (including phenoxy) is 1. The molecule has 96 valence electrons. The van der Waals surface area contributed by atoms with E-state index in [0.717, 1.165) is 38.2 Å². The van der Waals surface area contributed by atoms with E-state index >= 15 is 0 Å². The van der Waals surface area contributed by atoms with Crippen LogP contribution in [0.15, 0.2) is 35.1 Å². The summed E-state index contributed by atoms with van der Waals surface area (Å²) < 4.78 is 5.70. The van der Waals surface area contributed by atoms with Crippen molar-refractivity contribution >= 4 is 13.1 Å². The molecule has 0 saturated carbocycles. The summed E-state index contributed by atoms with van der Waals surface area (Å²) in [6.45, 7) is 6.14. The Hall–Kier alpha value is -1.25. The Balaban J connectivity index is 2.07. The number of nitrogens with one attached hydrogen (secondary N) is 1. The summed E-state index contributed by atoms with van der Waals surface area (Å²) in [4.78, 5) is 0. The van der Waals surface area contributed by atoms with Crippen molar-refractivity contribution in [3.63, 3.8) is 0 Å². The van der Waals surface area contributed by atoms with Gasteiger partial charge in [0.15, 0.2) is 0 Å². The van der Waals surface area contributed by atoms with Crippen molar-refractivity contribution in [1.29, 1.82) is 0 Å². The molecule has 2 rings (SSSR count). The summed E-state index contributed by atoms with van der Waals surface area (Å²) in [5, 5.41) is 3.33. The van der Waals surface area contributed by atoms with Crippen LogP contribution in [-0.4, -0.2) is 26.2 Å². The summed E-state index contributed by atoms with van der Waals surface area (Å²) in [5.74, 6) is 1.76. The van der Waals surface area contributed by atoms with E-state index in [1.807, 2.05) is 6.92 Å². The van der Waals surface area contributed by atoms with E-state index in [-0.39, 0.29) is 0 Å². The molecule has 2 heterocycles. The van der Waals surface area contributed by atoms with Crippen molar-refractivity contribution in [3.05, 3.63) is 35.1 Å². The van der Waals surface area contributed by atoms with Gasteiger partial charge in [-0.15, -0.1) is 0 Å². The SMILES string of the molecule is B=C1CC(/C(C)=C/C2=C(C/C=C/C)OCC2)CN1. The molecule has 1 atom stereocenters. The van der Waals surface area contributed by atoms with Crippen molar-refractivity contribution < 1.29 is 4.74 Å². The maximum atomic E-state index is 5.70. The van der Waals surface area contributed by atoms with Crippen LogP contribution in [0.2, 0.25) is 0 Å². The molecule has 1 N–H and O–H groups in total. The molecule has 2 aliphatic rings. The first-order valence-electron chi connectivity index (χ1n) is 6.76. The van der Waals surface area contributed by atoms with Crippen LogP contribution < -0.4 is 5.32 Å². The van der Waals surface area contributed by atoms with Gasteiger partial charge >= 0.3 is 110 Å². The molecular weight excluding hydrogens is 221 g/mol. The summed E-state index contributed by atoms with van der Waals surface area (Å²) in [5.41, 5.74) is 3.99.